The number of fused-ring (bicyclic) bond motifs is 1. The van der Waals surface area contributed by atoms with Gasteiger partial charge in [-0.25, -0.2) is 14.2 Å². The van der Waals surface area contributed by atoms with Crippen LogP contribution in [0, 0.1) is 5.82 Å². The van der Waals surface area contributed by atoms with Crippen LogP contribution in [-0.2, 0) is 12.8 Å². The van der Waals surface area contributed by atoms with Gasteiger partial charge < -0.3 is 10.4 Å². The van der Waals surface area contributed by atoms with E-state index in [0.29, 0.717) is 5.13 Å². The van der Waals surface area contributed by atoms with Gasteiger partial charge in [-0.15, -0.1) is 11.3 Å². The second kappa shape index (κ2) is 4.62. The molecule has 1 aromatic heterocycles. The Bertz CT molecular complexity index is 633. The third kappa shape index (κ3) is 2.19. The molecule has 0 aliphatic heterocycles. The van der Waals surface area contributed by atoms with Crippen LogP contribution >= 0.6 is 11.3 Å². The highest BCUT2D eigenvalue weighted by Gasteiger charge is 2.19. The van der Waals surface area contributed by atoms with Gasteiger partial charge in [-0.05, 0) is 31.4 Å². The van der Waals surface area contributed by atoms with Crippen molar-refractivity contribution in [2.24, 2.45) is 0 Å². The first-order valence-corrected chi connectivity index (χ1v) is 6.74. The number of nitrogens with zero attached hydrogens (tertiary/aromatic N) is 1. The lowest BCUT2D eigenvalue weighted by Crippen LogP contribution is -2.04. The summed E-state index contributed by atoms with van der Waals surface area (Å²) in [6, 6.07) is 3.98. The Morgan fingerprint density at radius 3 is 3.00 bits per heavy atom. The fourth-order valence-electron chi connectivity index (χ4n) is 2.18. The number of aryl methyl sites for hydroxylation is 2. The molecule has 1 aromatic carbocycles. The topological polar surface area (TPSA) is 62.2 Å². The molecule has 6 heteroatoms. The zero-order valence-corrected chi connectivity index (χ0v) is 10.8. The number of para-hydroxylation sites is 1. The van der Waals surface area contributed by atoms with Gasteiger partial charge in [0.2, 0.25) is 0 Å². The minimum Gasteiger partial charge on any atom is -0.478 e. The van der Waals surface area contributed by atoms with E-state index in [0.717, 1.165) is 25.0 Å². The lowest BCUT2D eigenvalue weighted by atomic mass is 10.1. The van der Waals surface area contributed by atoms with Crippen LogP contribution in [0.1, 0.15) is 27.3 Å². The third-order valence-corrected chi connectivity index (χ3v) is 4.14. The summed E-state index contributed by atoms with van der Waals surface area (Å²) in [5.41, 5.74) is 0.929. The van der Waals surface area contributed by atoms with Crippen molar-refractivity contribution >= 4 is 28.1 Å². The van der Waals surface area contributed by atoms with E-state index in [1.807, 2.05) is 0 Å². The van der Waals surface area contributed by atoms with E-state index >= 15 is 0 Å². The van der Waals surface area contributed by atoms with Crippen LogP contribution in [0.5, 0.6) is 0 Å². The van der Waals surface area contributed by atoms with Gasteiger partial charge in [-0.2, -0.15) is 0 Å². The largest absolute Gasteiger partial charge is 0.478 e. The highest BCUT2D eigenvalue weighted by molar-refractivity contribution is 7.15. The molecule has 1 aliphatic carbocycles. The Balaban J connectivity index is 1.96. The van der Waals surface area contributed by atoms with Gasteiger partial charge in [0.1, 0.15) is 5.82 Å². The van der Waals surface area contributed by atoms with Gasteiger partial charge in [-0.1, -0.05) is 6.07 Å². The third-order valence-electron chi connectivity index (χ3n) is 3.07. The lowest BCUT2D eigenvalue weighted by Gasteiger charge is -2.07. The maximum Gasteiger partial charge on any atom is 0.337 e. The number of nitrogens with one attached hydrogen (secondary N) is 1. The number of hydrogen-bond donors (Lipinski definition) is 2. The first kappa shape index (κ1) is 12.1. The van der Waals surface area contributed by atoms with Crippen molar-refractivity contribution < 1.29 is 14.3 Å². The molecule has 2 N–H and O–H groups in total. The first-order chi connectivity index (χ1) is 9.15. The second-order valence-electron chi connectivity index (χ2n) is 4.33. The molecule has 4 nitrogen and oxygen atoms in total. The number of halogens is 1. The van der Waals surface area contributed by atoms with Crippen LogP contribution in [0.3, 0.4) is 0 Å². The van der Waals surface area contributed by atoms with Gasteiger partial charge in [-0.3, -0.25) is 0 Å². The van der Waals surface area contributed by atoms with Gasteiger partial charge in [0.05, 0.1) is 16.9 Å². The number of carboxylic acids is 1. The number of aromatic nitrogens is 1. The molecule has 1 heterocycles. The van der Waals surface area contributed by atoms with Crippen LogP contribution < -0.4 is 5.32 Å². The fourth-order valence-corrected chi connectivity index (χ4v) is 3.23. The van der Waals surface area contributed by atoms with E-state index in [-0.39, 0.29) is 11.3 Å². The summed E-state index contributed by atoms with van der Waals surface area (Å²) in [6.07, 6.45) is 3.04. The predicted molar refractivity (Wildman–Crippen MR) is 70.8 cm³/mol. The quantitative estimate of drug-likeness (QED) is 0.905. The minimum atomic E-state index is -1.16. The molecule has 98 valence electrons. The van der Waals surface area contributed by atoms with Gasteiger partial charge >= 0.3 is 5.97 Å². The number of thiazole rings is 1. The molecule has 0 saturated heterocycles. The molecular formula is C13H11FN2O2S. The van der Waals surface area contributed by atoms with E-state index in [9.17, 15) is 9.18 Å². The van der Waals surface area contributed by atoms with Crippen LogP contribution in [0.2, 0.25) is 0 Å². The van der Waals surface area contributed by atoms with Gasteiger partial charge in [0.15, 0.2) is 5.13 Å². The molecule has 19 heavy (non-hydrogen) atoms. The van der Waals surface area contributed by atoms with E-state index in [1.165, 1.54) is 34.4 Å². The monoisotopic (exact) mass is 278 g/mol. The molecule has 3 rings (SSSR count). The summed E-state index contributed by atoms with van der Waals surface area (Å²) in [4.78, 5) is 16.7. The number of hydrogen-bond acceptors (Lipinski definition) is 4. The average Bonchev–Trinajstić information content (AvgIpc) is 2.92. The molecule has 0 amide bonds. The van der Waals surface area contributed by atoms with Crippen LogP contribution in [0.4, 0.5) is 15.2 Å². The Morgan fingerprint density at radius 1 is 1.42 bits per heavy atom. The number of carboxylic acid groups (broad SMARTS) is 1. The van der Waals surface area contributed by atoms with Gasteiger partial charge in [0.25, 0.3) is 0 Å². The van der Waals surface area contributed by atoms with E-state index in [2.05, 4.69) is 10.3 Å². The molecule has 2 aromatic rings. The normalized spacial score (nSPS) is 13.3. The number of benzene rings is 1. The summed E-state index contributed by atoms with van der Waals surface area (Å²) < 4.78 is 13.8. The van der Waals surface area contributed by atoms with Crippen molar-refractivity contribution in [3.05, 3.63) is 40.2 Å². The molecule has 0 atom stereocenters. The number of aromatic carboxylic acids is 1. The summed E-state index contributed by atoms with van der Waals surface area (Å²) in [5.74, 6) is -1.75. The van der Waals surface area contributed by atoms with Crippen molar-refractivity contribution in [2.45, 2.75) is 19.3 Å². The Morgan fingerprint density at radius 2 is 2.26 bits per heavy atom. The number of anilines is 2. The SMILES string of the molecule is O=C(O)c1cccc(F)c1Nc1nc2c(s1)CCC2. The lowest BCUT2D eigenvalue weighted by molar-refractivity contribution is 0.0697. The number of carbonyl (C=O) groups is 1. The smallest absolute Gasteiger partial charge is 0.337 e. The Hall–Kier alpha value is -1.95. The Labute approximate surface area is 112 Å². The molecule has 0 spiro atoms. The van der Waals surface area contributed by atoms with Gasteiger partial charge in [0, 0.05) is 4.88 Å². The summed E-state index contributed by atoms with van der Waals surface area (Å²) in [7, 11) is 0. The van der Waals surface area contributed by atoms with Crippen LogP contribution in [0.25, 0.3) is 0 Å². The molecule has 0 saturated carbocycles. The van der Waals surface area contributed by atoms with Crippen molar-refractivity contribution in [1.29, 1.82) is 0 Å². The number of rotatable bonds is 3. The van der Waals surface area contributed by atoms with Crippen molar-refractivity contribution in [1.82, 2.24) is 4.98 Å². The Kier molecular flexibility index (Phi) is 2.94. The summed E-state index contributed by atoms with van der Waals surface area (Å²) >= 11 is 1.46. The average molecular weight is 278 g/mol. The molecule has 0 unspecified atom stereocenters. The molecule has 1 aliphatic rings. The van der Waals surface area contributed by atoms with E-state index in [4.69, 9.17) is 5.11 Å². The van der Waals surface area contributed by atoms with Crippen molar-refractivity contribution in [2.75, 3.05) is 5.32 Å². The van der Waals surface area contributed by atoms with E-state index < -0.39 is 11.8 Å². The van der Waals surface area contributed by atoms with Crippen LogP contribution in [0.15, 0.2) is 18.2 Å². The minimum absolute atomic E-state index is 0.0255. The fraction of sp³-hybridized carbons (Fsp3) is 0.231. The maximum atomic E-state index is 13.8. The van der Waals surface area contributed by atoms with Crippen molar-refractivity contribution in [3.8, 4) is 0 Å². The maximum absolute atomic E-state index is 13.8. The van der Waals surface area contributed by atoms with Crippen molar-refractivity contribution in [3.63, 3.8) is 0 Å². The molecule has 0 bridgehead atoms. The zero-order chi connectivity index (χ0) is 13.4. The molecule has 0 fully saturated rings. The summed E-state index contributed by atoms with van der Waals surface area (Å²) in [5, 5.41) is 12.4. The first-order valence-electron chi connectivity index (χ1n) is 5.92. The van der Waals surface area contributed by atoms with E-state index in [1.54, 1.807) is 0 Å². The molecular weight excluding hydrogens is 267 g/mol. The predicted octanol–water partition coefficient (Wildman–Crippen LogP) is 3.21. The standard InChI is InChI=1S/C13H11FN2O2S/c14-8-4-1-3-7(12(17)18)11(8)16-13-15-9-5-2-6-10(9)19-13/h1,3-4H,2,5-6H2,(H,15,16)(H,17,18). The zero-order valence-electron chi connectivity index (χ0n) is 9.94. The second-order valence-corrected chi connectivity index (χ2v) is 5.42. The summed E-state index contributed by atoms with van der Waals surface area (Å²) in [6.45, 7) is 0. The highest BCUT2D eigenvalue weighted by atomic mass is 32.1. The molecule has 0 radical (unpaired) electrons. The van der Waals surface area contributed by atoms with Crippen LogP contribution in [-0.4, -0.2) is 16.1 Å². The highest BCUT2D eigenvalue weighted by Crippen LogP contribution is 2.33.